The zero-order valence-electron chi connectivity index (χ0n) is 18.6. The van der Waals surface area contributed by atoms with Crippen LogP contribution in [0.25, 0.3) is 6.08 Å². The van der Waals surface area contributed by atoms with Crippen molar-refractivity contribution in [2.75, 3.05) is 16.0 Å². The van der Waals surface area contributed by atoms with E-state index in [1.807, 2.05) is 0 Å². The molecular weight excluding hydrogens is 550 g/mol. The van der Waals surface area contributed by atoms with Crippen LogP contribution < -0.4 is 15.0 Å². The predicted octanol–water partition coefficient (Wildman–Crippen LogP) is 7.01. The lowest BCUT2D eigenvalue weighted by molar-refractivity contribution is -0.274. The third kappa shape index (κ3) is 7.06. The van der Waals surface area contributed by atoms with Gasteiger partial charge in [-0.2, -0.15) is 0 Å². The summed E-state index contributed by atoms with van der Waals surface area (Å²) in [7, 11) is 0. The molecule has 0 aromatic heterocycles. The van der Waals surface area contributed by atoms with E-state index in [0.717, 1.165) is 23.9 Å². The molecule has 0 fully saturated rings. The van der Waals surface area contributed by atoms with Crippen LogP contribution >= 0.6 is 35.0 Å². The number of nitrogens with zero attached hydrogens (tertiary/aromatic N) is 2. The monoisotopic (exact) mass is 565 g/mol. The number of aliphatic imine (C=N–C) groups is 1. The number of anilines is 2. The fourth-order valence-corrected chi connectivity index (χ4v) is 4.34. The number of thioether (sulfide) groups is 1. The number of hydrogen-bond acceptors (Lipinski definition) is 5. The van der Waals surface area contributed by atoms with Gasteiger partial charge in [-0.15, -0.1) is 13.2 Å². The van der Waals surface area contributed by atoms with E-state index in [1.165, 1.54) is 17.0 Å². The molecule has 3 aromatic carbocycles. The Morgan fingerprint density at radius 3 is 2.38 bits per heavy atom. The Morgan fingerprint density at radius 2 is 1.73 bits per heavy atom. The van der Waals surface area contributed by atoms with Crippen molar-refractivity contribution in [2.45, 2.75) is 6.36 Å². The molecule has 0 bridgehead atoms. The van der Waals surface area contributed by atoms with E-state index in [1.54, 1.807) is 54.6 Å². The second-order valence-corrected chi connectivity index (χ2v) is 9.24. The number of amidine groups is 1. The van der Waals surface area contributed by atoms with E-state index >= 15 is 0 Å². The molecule has 0 spiro atoms. The molecule has 0 saturated heterocycles. The fraction of sp³-hybridized carbons (Fsp3) is 0.0800. The normalized spacial score (nSPS) is 14.6. The van der Waals surface area contributed by atoms with Gasteiger partial charge in [0.2, 0.25) is 5.91 Å². The highest BCUT2D eigenvalue weighted by atomic mass is 35.5. The van der Waals surface area contributed by atoms with Crippen molar-refractivity contribution >= 4 is 69.4 Å². The van der Waals surface area contributed by atoms with Gasteiger partial charge in [0, 0.05) is 5.69 Å². The molecule has 1 aliphatic heterocycles. The topological polar surface area (TPSA) is 71.0 Å². The minimum Gasteiger partial charge on any atom is -0.406 e. The largest absolute Gasteiger partial charge is 0.573 e. The van der Waals surface area contributed by atoms with E-state index in [2.05, 4.69) is 15.0 Å². The first-order valence-corrected chi connectivity index (χ1v) is 12.3. The number of rotatable bonds is 6. The maximum atomic E-state index is 13.2. The molecule has 4 rings (SSSR count). The summed E-state index contributed by atoms with van der Waals surface area (Å²) >= 11 is 13.1. The lowest BCUT2D eigenvalue weighted by Crippen LogP contribution is -2.31. The minimum absolute atomic E-state index is 0.115. The summed E-state index contributed by atoms with van der Waals surface area (Å²) in [4.78, 5) is 31.6. The van der Waals surface area contributed by atoms with Gasteiger partial charge >= 0.3 is 6.36 Å². The maximum absolute atomic E-state index is 13.2. The van der Waals surface area contributed by atoms with Crippen LogP contribution in [-0.2, 0) is 9.59 Å². The smallest absolute Gasteiger partial charge is 0.406 e. The first-order valence-electron chi connectivity index (χ1n) is 10.5. The number of benzene rings is 3. The number of ether oxygens (including phenoxy) is 1. The predicted molar refractivity (Wildman–Crippen MR) is 140 cm³/mol. The highest BCUT2D eigenvalue weighted by Crippen LogP contribution is 2.31. The van der Waals surface area contributed by atoms with E-state index in [9.17, 15) is 22.8 Å². The molecule has 37 heavy (non-hydrogen) atoms. The van der Waals surface area contributed by atoms with Crippen molar-refractivity contribution in [2.24, 2.45) is 4.99 Å². The number of carbonyl (C=O) groups is 2. The van der Waals surface area contributed by atoms with Crippen LogP contribution in [0.1, 0.15) is 5.56 Å². The first-order chi connectivity index (χ1) is 17.6. The number of alkyl halides is 3. The average molecular weight is 566 g/mol. The molecule has 0 radical (unpaired) electrons. The molecule has 0 unspecified atom stereocenters. The second-order valence-electron chi connectivity index (χ2n) is 7.48. The summed E-state index contributed by atoms with van der Waals surface area (Å²) < 4.78 is 40.8. The van der Waals surface area contributed by atoms with Gasteiger partial charge in [0.1, 0.15) is 11.4 Å². The number of para-hydroxylation sites is 1. The molecule has 12 heteroatoms. The standard InChI is InChI=1S/C25H16Cl2F3N3O3S/c26-19-11-6-15(12-20(19)27)13-21-23(35)33(17-4-2-1-3-5-17)24(32-21)37-14-22(34)31-16-7-9-18(10-8-16)36-25(28,29)30/h1-13H,14H2,(H,31,34)/b21-13+. The van der Waals surface area contributed by atoms with Gasteiger partial charge in [-0.3, -0.25) is 14.5 Å². The van der Waals surface area contributed by atoms with Crippen molar-refractivity contribution in [3.8, 4) is 5.75 Å². The van der Waals surface area contributed by atoms with E-state index in [0.29, 0.717) is 21.3 Å². The van der Waals surface area contributed by atoms with Gasteiger partial charge < -0.3 is 10.1 Å². The lowest BCUT2D eigenvalue weighted by Gasteiger charge is -2.17. The van der Waals surface area contributed by atoms with Gasteiger partial charge in [-0.05, 0) is 60.2 Å². The third-order valence-electron chi connectivity index (χ3n) is 4.80. The van der Waals surface area contributed by atoms with E-state index in [4.69, 9.17) is 23.2 Å². The summed E-state index contributed by atoms with van der Waals surface area (Å²) in [5.74, 6) is -1.35. The van der Waals surface area contributed by atoms with Crippen LogP contribution in [0.3, 0.4) is 0 Å². The number of halogens is 5. The van der Waals surface area contributed by atoms with Gasteiger partial charge in [0.25, 0.3) is 5.91 Å². The van der Waals surface area contributed by atoms with Gasteiger partial charge in [-0.1, -0.05) is 59.2 Å². The van der Waals surface area contributed by atoms with Crippen molar-refractivity contribution in [1.82, 2.24) is 0 Å². The van der Waals surface area contributed by atoms with Gasteiger partial charge in [0.05, 0.1) is 21.5 Å². The second kappa shape index (κ2) is 11.3. The Balaban J connectivity index is 1.49. The van der Waals surface area contributed by atoms with Crippen LogP contribution in [0.2, 0.25) is 10.0 Å². The molecular formula is C25H16Cl2F3N3O3S. The van der Waals surface area contributed by atoms with E-state index in [-0.39, 0.29) is 28.2 Å². The Labute approximate surface area is 223 Å². The van der Waals surface area contributed by atoms with E-state index < -0.39 is 18.0 Å². The quantitative estimate of drug-likeness (QED) is 0.326. The van der Waals surface area contributed by atoms with Crippen LogP contribution in [0.5, 0.6) is 5.75 Å². The molecule has 190 valence electrons. The van der Waals surface area contributed by atoms with Crippen molar-refractivity contribution in [1.29, 1.82) is 0 Å². The van der Waals surface area contributed by atoms with Crippen LogP contribution in [0.4, 0.5) is 24.5 Å². The summed E-state index contributed by atoms with van der Waals surface area (Å²) in [6.07, 6.45) is -3.24. The molecule has 6 nitrogen and oxygen atoms in total. The van der Waals surface area contributed by atoms with Crippen LogP contribution in [0, 0.1) is 0 Å². The third-order valence-corrected chi connectivity index (χ3v) is 6.47. The Hall–Kier alpha value is -3.47. The Kier molecular flexibility index (Phi) is 8.11. The number of nitrogens with one attached hydrogen (secondary N) is 1. The number of amides is 2. The Morgan fingerprint density at radius 1 is 1.03 bits per heavy atom. The van der Waals surface area contributed by atoms with Crippen LogP contribution in [0.15, 0.2) is 83.5 Å². The Bertz CT molecular complexity index is 1380. The number of hydrogen-bond donors (Lipinski definition) is 1. The minimum atomic E-state index is -4.81. The molecule has 0 saturated carbocycles. The van der Waals surface area contributed by atoms with Crippen LogP contribution in [-0.4, -0.2) is 29.1 Å². The summed E-state index contributed by atoms with van der Waals surface area (Å²) in [5, 5.41) is 3.58. The highest BCUT2D eigenvalue weighted by molar-refractivity contribution is 8.14. The molecule has 3 aromatic rings. The zero-order chi connectivity index (χ0) is 26.6. The molecule has 1 aliphatic rings. The molecule has 0 atom stereocenters. The number of carbonyl (C=O) groups excluding carboxylic acids is 2. The lowest BCUT2D eigenvalue weighted by atomic mass is 10.2. The molecule has 0 aliphatic carbocycles. The van der Waals surface area contributed by atoms with Crippen molar-refractivity contribution < 1.29 is 27.5 Å². The van der Waals surface area contributed by atoms with Crippen molar-refractivity contribution in [3.05, 3.63) is 94.1 Å². The fourth-order valence-electron chi connectivity index (χ4n) is 3.23. The molecule has 1 heterocycles. The molecule has 1 N–H and O–H groups in total. The summed E-state index contributed by atoms with van der Waals surface area (Å²) in [6.45, 7) is 0. The highest BCUT2D eigenvalue weighted by Gasteiger charge is 2.33. The maximum Gasteiger partial charge on any atom is 0.573 e. The zero-order valence-corrected chi connectivity index (χ0v) is 21.0. The summed E-state index contributed by atoms with van der Waals surface area (Å²) in [6, 6.07) is 18.5. The SMILES string of the molecule is O=C(CSC1=N/C(=C/c2ccc(Cl)c(Cl)c2)C(=O)N1c1ccccc1)Nc1ccc(OC(F)(F)F)cc1. The summed E-state index contributed by atoms with van der Waals surface area (Å²) in [5.41, 5.74) is 1.61. The van der Waals surface area contributed by atoms with Crippen molar-refractivity contribution in [3.63, 3.8) is 0 Å². The molecule has 2 amide bonds. The average Bonchev–Trinajstić information content (AvgIpc) is 3.16. The first kappa shape index (κ1) is 26.6. The van der Waals surface area contributed by atoms with Gasteiger partial charge in [0.15, 0.2) is 5.17 Å². The van der Waals surface area contributed by atoms with Gasteiger partial charge in [-0.25, -0.2) is 4.99 Å².